The molecule has 0 aliphatic rings. The van der Waals surface area contributed by atoms with Crippen molar-refractivity contribution in [3.63, 3.8) is 0 Å². The van der Waals surface area contributed by atoms with Gasteiger partial charge >= 0.3 is 12.1 Å². The van der Waals surface area contributed by atoms with E-state index in [-0.39, 0.29) is 31.4 Å². The third-order valence-electron chi connectivity index (χ3n) is 6.75. The summed E-state index contributed by atoms with van der Waals surface area (Å²) in [7, 11) is 0. The van der Waals surface area contributed by atoms with E-state index in [1.807, 2.05) is 19.1 Å². The van der Waals surface area contributed by atoms with Crippen LogP contribution < -0.4 is 10.1 Å². The summed E-state index contributed by atoms with van der Waals surface area (Å²) in [6.07, 6.45) is 11.0. The minimum Gasteiger partial charge on any atom is -0.493 e. The van der Waals surface area contributed by atoms with E-state index in [0.717, 1.165) is 44.2 Å². The number of alkyl halides is 3. The van der Waals surface area contributed by atoms with E-state index in [4.69, 9.17) is 9.47 Å². The van der Waals surface area contributed by atoms with Crippen molar-refractivity contribution in [1.82, 2.24) is 5.32 Å². The zero-order valence-electron chi connectivity index (χ0n) is 27.4. The zero-order valence-corrected chi connectivity index (χ0v) is 27.4. The summed E-state index contributed by atoms with van der Waals surface area (Å²) < 4.78 is 48.1. The summed E-state index contributed by atoms with van der Waals surface area (Å²) in [6.45, 7) is 6.27. The van der Waals surface area contributed by atoms with Crippen molar-refractivity contribution in [2.24, 2.45) is 5.92 Å². The number of rotatable bonds is 20. The first-order valence-electron chi connectivity index (χ1n) is 15.9. The Labute approximate surface area is 275 Å². The smallest absolute Gasteiger partial charge is 0.416 e. The second-order valence-corrected chi connectivity index (χ2v) is 10.5. The summed E-state index contributed by atoms with van der Waals surface area (Å²) in [6, 6.07) is 11.8. The number of esters is 1. The number of benzene rings is 2. The predicted octanol–water partition coefficient (Wildman–Crippen LogP) is 8.55. The summed E-state index contributed by atoms with van der Waals surface area (Å²) in [5, 5.41) is 11.9. The molecule has 0 bridgehead atoms. The van der Waals surface area contributed by atoms with Gasteiger partial charge in [0.2, 0.25) is 5.91 Å². The largest absolute Gasteiger partial charge is 0.493 e. The van der Waals surface area contributed by atoms with Crippen LogP contribution in [0.4, 0.5) is 13.2 Å². The Balaban J connectivity index is 0.000000481. The molecule has 0 saturated heterocycles. The van der Waals surface area contributed by atoms with Crippen molar-refractivity contribution in [3.05, 3.63) is 99.6 Å². The molecule has 0 aromatic heterocycles. The molecule has 47 heavy (non-hydrogen) atoms. The molecule has 1 N–H and O–H groups in total. The SMILES string of the molecule is CC/C=C\CCCC(=O)NCC(=O)OCc1ccccc1CO[N+](=O)[O-].CCCC(/C=C/CCOc1cccc(C(F)(F)F)c1)CC. The fourth-order valence-corrected chi connectivity index (χ4v) is 4.20. The molecule has 0 heterocycles. The molecule has 1 unspecified atom stereocenters. The lowest BCUT2D eigenvalue weighted by Gasteiger charge is -2.10. The molecule has 0 aliphatic carbocycles. The van der Waals surface area contributed by atoms with Gasteiger partial charge in [-0.15, -0.1) is 10.1 Å². The standard InChI is InChI=1S/C18H24N2O6.C17H23F3O/c1-2-3-4-5-6-11-17(21)19-12-18(22)25-13-15-9-7-8-10-16(15)14-26-20(23)24;1-3-8-14(4-2)9-5-6-12-21-16-11-7-10-15(13-16)17(18,19)20/h3-4,7-10H,2,5-6,11-14H2,1H3,(H,19,21);5,7,9-11,13-14H,3-4,6,8,12H2,1-2H3/b4-3-;9-5+. The van der Waals surface area contributed by atoms with Crippen LogP contribution in [0.1, 0.15) is 88.8 Å². The molecule has 1 atom stereocenters. The molecule has 2 aromatic rings. The van der Waals surface area contributed by atoms with Gasteiger partial charge in [0.1, 0.15) is 25.5 Å². The van der Waals surface area contributed by atoms with Crippen LogP contribution in [0.25, 0.3) is 0 Å². The molecular formula is C35H47F3N2O7. The monoisotopic (exact) mass is 664 g/mol. The van der Waals surface area contributed by atoms with Crippen LogP contribution in [0.3, 0.4) is 0 Å². The maximum Gasteiger partial charge on any atom is 0.416 e. The first-order chi connectivity index (χ1) is 22.5. The van der Waals surface area contributed by atoms with E-state index in [9.17, 15) is 32.9 Å². The Hall–Kier alpha value is -4.35. The lowest BCUT2D eigenvalue weighted by molar-refractivity contribution is -0.763. The number of nitrogens with one attached hydrogen (secondary N) is 1. The minimum atomic E-state index is -4.33. The topological polar surface area (TPSA) is 117 Å². The number of allylic oxidation sites excluding steroid dienone is 3. The van der Waals surface area contributed by atoms with Crippen LogP contribution in [0, 0.1) is 16.0 Å². The van der Waals surface area contributed by atoms with Gasteiger partial charge in [-0.25, -0.2) is 0 Å². The molecule has 2 aromatic carbocycles. The average molecular weight is 665 g/mol. The molecule has 0 saturated carbocycles. The Morgan fingerprint density at radius 2 is 1.70 bits per heavy atom. The molecule has 2 rings (SSSR count). The van der Waals surface area contributed by atoms with Crippen LogP contribution in [-0.4, -0.2) is 30.1 Å². The number of amides is 1. The highest BCUT2D eigenvalue weighted by atomic mass is 19.4. The lowest BCUT2D eigenvalue weighted by Crippen LogP contribution is -2.30. The lowest BCUT2D eigenvalue weighted by atomic mass is 10.0. The van der Waals surface area contributed by atoms with Crippen LogP contribution >= 0.6 is 0 Å². The maximum absolute atomic E-state index is 12.5. The first kappa shape index (κ1) is 40.7. The number of nitrogens with zero attached hydrogens (tertiary/aromatic N) is 1. The minimum absolute atomic E-state index is 0.0479. The highest BCUT2D eigenvalue weighted by molar-refractivity contribution is 5.81. The van der Waals surface area contributed by atoms with Crippen molar-refractivity contribution in [1.29, 1.82) is 0 Å². The van der Waals surface area contributed by atoms with Gasteiger partial charge in [-0.1, -0.05) is 81.8 Å². The molecule has 0 fully saturated rings. The Bertz CT molecular complexity index is 1270. The normalized spacial score (nSPS) is 11.9. The Kier molecular flexibility index (Phi) is 20.7. The average Bonchev–Trinajstić information content (AvgIpc) is 3.05. The summed E-state index contributed by atoms with van der Waals surface area (Å²) >= 11 is 0. The highest BCUT2D eigenvalue weighted by Crippen LogP contribution is 2.31. The van der Waals surface area contributed by atoms with Gasteiger partial charge in [0, 0.05) is 6.42 Å². The third kappa shape index (κ3) is 19.7. The molecule has 0 radical (unpaired) electrons. The van der Waals surface area contributed by atoms with Crippen LogP contribution in [0.5, 0.6) is 5.75 Å². The van der Waals surface area contributed by atoms with Crippen LogP contribution in [0.15, 0.2) is 72.8 Å². The van der Waals surface area contributed by atoms with E-state index in [0.29, 0.717) is 36.5 Å². The molecule has 0 aliphatic heterocycles. The Morgan fingerprint density at radius 1 is 0.979 bits per heavy atom. The quantitative estimate of drug-likeness (QED) is 0.0496. The number of unbranched alkanes of at least 4 members (excludes halogenated alkanes) is 1. The maximum atomic E-state index is 12.5. The summed E-state index contributed by atoms with van der Waals surface area (Å²) in [4.78, 5) is 38.0. The first-order valence-corrected chi connectivity index (χ1v) is 15.9. The van der Waals surface area contributed by atoms with Gasteiger partial charge in [0.15, 0.2) is 0 Å². The fraction of sp³-hybridized carbons (Fsp3) is 0.486. The molecule has 12 heteroatoms. The van der Waals surface area contributed by atoms with Crippen molar-refractivity contribution < 1.29 is 42.2 Å². The highest BCUT2D eigenvalue weighted by Gasteiger charge is 2.30. The molecule has 1 amide bonds. The Morgan fingerprint density at radius 3 is 2.34 bits per heavy atom. The summed E-state index contributed by atoms with van der Waals surface area (Å²) in [5.74, 6) is 0.0724. The number of hydrogen-bond acceptors (Lipinski definition) is 7. The van der Waals surface area contributed by atoms with Crippen molar-refractivity contribution in [2.75, 3.05) is 13.2 Å². The molecule has 9 nitrogen and oxygen atoms in total. The number of hydrogen-bond donors (Lipinski definition) is 1. The van der Waals surface area contributed by atoms with Gasteiger partial charge in [-0.2, -0.15) is 13.2 Å². The number of carbonyl (C=O) groups is 2. The number of halogens is 3. The fourth-order valence-electron chi connectivity index (χ4n) is 4.20. The molecule has 260 valence electrons. The van der Waals surface area contributed by atoms with Crippen molar-refractivity contribution in [2.45, 2.75) is 91.5 Å². The number of carbonyl (C=O) groups excluding carboxylic acids is 2. The van der Waals surface area contributed by atoms with Crippen LogP contribution in [0.2, 0.25) is 0 Å². The number of ether oxygens (including phenoxy) is 2. The van der Waals surface area contributed by atoms with Crippen LogP contribution in [-0.2, 0) is 38.6 Å². The zero-order chi connectivity index (χ0) is 34.9. The molecule has 0 spiro atoms. The predicted molar refractivity (Wildman–Crippen MR) is 174 cm³/mol. The second-order valence-electron chi connectivity index (χ2n) is 10.5. The van der Waals surface area contributed by atoms with Crippen molar-refractivity contribution >= 4 is 11.9 Å². The summed E-state index contributed by atoms with van der Waals surface area (Å²) in [5.41, 5.74) is 0.488. The van der Waals surface area contributed by atoms with E-state index in [1.165, 1.54) is 12.5 Å². The molecular weight excluding hydrogens is 617 g/mol. The van der Waals surface area contributed by atoms with Gasteiger partial charge in [-0.05, 0) is 73.8 Å². The van der Waals surface area contributed by atoms with E-state index in [1.54, 1.807) is 30.3 Å². The van der Waals surface area contributed by atoms with E-state index >= 15 is 0 Å². The third-order valence-corrected chi connectivity index (χ3v) is 6.75. The van der Waals surface area contributed by atoms with Crippen molar-refractivity contribution in [3.8, 4) is 5.75 Å². The second kappa shape index (κ2) is 23.9. The van der Waals surface area contributed by atoms with Gasteiger partial charge in [0.05, 0.1) is 12.2 Å². The van der Waals surface area contributed by atoms with Gasteiger partial charge in [0.25, 0.3) is 5.09 Å². The van der Waals surface area contributed by atoms with E-state index < -0.39 is 22.8 Å². The van der Waals surface area contributed by atoms with Gasteiger partial charge < -0.3 is 19.6 Å². The van der Waals surface area contributed by atoms with Gasteiger partial charge in [-0.3, -0.25) is 9.59 Å². The van der Waals surface area contributed by atoms with E-state index in [2.05, 4.69) is 36.2 Å².